The number of aryl methyl sites for hydroxylation is 1. The summed E-state index contributed by atoms with van der Waals surface area (Å²) in [5, 5.41) is 8.72. The van der Waals surface area contributed by atoms with E-state index in [4.69, 9.17) is 5.26 Å². The van der Waals surface area contributed by atoms with Crippen LogP contribution in [0.5, 0.6) is 0 Å². The lowest BCUT2D eigenvalue weighted by Gasteiger charge is -2.14. The fourth-order valence-corrected chi connectivity index (χ4v) is 1.43. The third-order valence-electron chi connectivity index (χ3n) is 2.16. The molecule has 0 aliphatic carbocycles. The predicted molar refractivity (Wildman–Crippen MR) is 50.2 cm³/mol. The number of halogens is 3. The van der Waals surface area contributed by atoms with Crippen LogP contribution in [-0.4, -0.2) is 6.18 Å². The van der Waals surface area contributed by atoms with E-state index >= 15 is 0 Å². The van der Waals surface area contributed by atoms with Crippen LogP contribution in [0.2, 0.25) is 0 Å². The molecule has 0 bridgehead atoms. The molecule has 15 heavy (non-hydrogen) atoms. The number of benzene rings is 1. The van der Waals surface area contributed by atoms with Gasteiger partial charge in [0.15, 0.2) is 0 Å². The van der Waals surface area contributed by atoms with Crippen LogP contribution in [0, 0.1) is 18.3 Å². The molecule has 1 aromatic rings. The van der Waals surface area contributed by atoms with Gasteiger partial charge in [0, 0.05) is 0 Å². The highest BCUT2D eigenvalue weighted by atomic mass is 19.4. The fourth-order valence-electron chi connectivity index (χ4n) is 1.43. The molecule has 0 saturated heterocycles. The molecule has 1 aromatic carbocycles. The van der Waals surface area contributed by atoms with Crippen molar-refractivity contribution in [3.05, 3.63) is 35.4 Å². The largest absolute Gasteiger partial charge is 0.390 e. The summed E-state index contributed by atoms with van der Waals surface area (Å²) >= 11 is 0. The molecule has 0 aromatic heterocycles. The van der Waals surface area contributed by atoms with Gasteiger partial charge in [-0.1, -0.05) is 24.3 Å². The summed E-state index contributed by atoms with van der Waals surface area (Å²) in [6.45, 7) is 1.70. The van der Waals surface area contributed by atoms with Gasteiger partial charge in [-0.25, -0.2) is 0 Å². The summed E-state index contributed by atoms with van der Waals surface area (Å²) in [7, 11) is 0. The molecule has 1 atom stereocenters. The Kier molecular flexibility index (Phi) is 3.35. The van der Waals surface area contributed by atoms with E-state index in [0.29, 0.717) is 11.1 Å². The quantitative estimate of drug-likeness (QED) is 0.736. The summed E-state index contributed by atoms with van der Waals surface area (Å²) in [5.74, 6) is -1.11. The third kappa shape index (κ3) is 3.28. The average molecular weight is 213 g/mol. The number of hydrogen-bond donors (Lipinski definition) is 0. The first kappa shape index (κ1) is 11.6. The maximum absolute atomic E-state index is 12.2. The Morgan fingerprint density at radius 2 is 1.93 bits per heavy atom. The van der Waals surface area contributed by atoms with Crippen molar-refractivity contribution in [1.82, 2.24) is 0 Å². The third-order valence-corrected chi connectivity index (χ3v) is 2.16. The fraction of sp³-hybridized carbons (Fsp3) is 0.364. The van der Waals surface area contributed by atoms with Gasteiger partial charge in [0.25, 0.3) is 0 Å². The number of alkyl halides is 3. The minimum atomic E-state index is -4.30. The second-order valence-corrected chi connectivity index (χ2v) is 3.36. The van der Waals surface area contributed by atoms with E-state index in [1.165, 1.54) is 0 Å². The van der Waals surface area contributed by atoms with Gasteiger partial charge in [-0.15, -0.1) is 0 Å². The van der Waals surface area contributed by atoms with Crippen molar-refractivity contribution in [3.63, 3.8) is 0 Å². The van der Waals surface area contributed by atoms with Crippen LogP contribution < -0.4 is 0 Å². The molecule has 0 amide bonds. The monoisotopic (exact) mass is 213 g/mol. The SMILES string of the molecule is Cc1ccccc1[C@H](C#N)CC(F)(F)F. The Labute approximate surface area is 86.1 Å². The summed E-state index contributed by atoms with van der Waals surface area (Å²) < 4.78 is 36.5. The van der Waals surface area contributed by atoms with Crippen molar-refractivity contribution >= 4 is 0 Å². The zero-order valence-electron chi connectivity index (χ0n) is 8.17. The van der Waals surface area contributed by atoms with Gasteiger partial charge >= 0.3 is 6.18 Å². The van der Waals surface area contributed by atoms with Crippen molar-refractivity contribution in [2.45, 2.75) is 25.4 Å². The number of hydrogen-bond acceptors (Lipinski definition) is 1. The summed E-state index contributed by atoms with van der Waals surface area (Å²) in [5.41, 5.74) is 1.17. The van der Waals surface area contributed by atoms with E-state index in [0.717, 1.165) is 0 Å². The average Bonchev–Trinajstić information content (AvgIpc) is 2.14. The molecule has 0 radical (unpaired) electrons. The van der Waals surface area contributed by atoms with E-state index < -0.39 is 18.5 Å². The first-order chi connectivity index (χ1) is 6.94. The molecule has 1 rings (SSSR count). The van der Waals surface area contributed by atoms with E-state index in [9.17, 15) is 13.2 Å². The van der Waals surface area contributed by atoms with Gasteiger partial charge in [-0.2, -0.15) is 18.4 Å². The van der Waals surface area contributed by atoms with E-state index in [1.54, 1.807) is 37.3 Å². The van der Waals surface area contributed by atoms with Crippen molar-refractivity contribution in [2.24, 2.45) is 0 Å². The number of nitriles is 1. The van der Waals surface area contributed by atoms with Gasteiger partial charge in [-0.05, 0) is 18.1 Å². The molecule has 0 aliphatic heterocycles. The predicted octanol–water partition coefficient (Wildman–Crippen LogP) is 3.55. The number of rotatable bonds is 2. The van der Waals surface area contributed by atoms with Gasteiger partial charge < -0.3 is 0 Å². The van der Waals surface area contributed by atoms with E-state index in [2.05, 4.69) is 0 Å². The van der Waals surface area contributed by atoms with Crippen LogP contribution >= 0.6 is 0 Å². The van der Waals surface area contributed by atoms with Crippen molar-refractivity contribution in [1.29, 1.82) is 5.26 Å². The molecule has 0 heterocycles. The van der Waals surface area contributed by atoms with E-state index in [-0.39, 0.29) is 0 Å². The first-order valence-electron chi connectivity index (χ1n) is 4.46. The first-order valence-corrected chi connectivity index (χ1v) is 4.46. The topological polar surface area (TPSA) is 23.8 Å². The lowest BCUT2D eigenvalue weighted by Crippen LogP contribution is -2.13. The molecule has 1 nitrogen and oxygen atoms in total. The molecule has 0 saturated carbocycles. The van der Waals surface area contributed by atoms with Crippen LogP contribution in [0.4, 0.5) is 13.2 Å². The highest BCUT2D eigenvalue weighted by Gasteiger charge is 2.33. The van der Waals surface area contributed by atoms with Gasteiger partial charge in [-0.3, -0.25) is 0 Å². The van der Waals surface area contributed by atoms with Crippen LogP contribution in [0.15, 0.2) is 24.3 Å². The zero-order chi connectivity index (χ0) is 11.5. The summed E-state index contributed by atoms with van der Waals surface area (Å²) in [6.07, 6.45) is -5.39. The second-order valence-electron chi connectivity index (χ2n) is 3.36. The molecule has 0 fully saturated rings. The number of nitrogens with zero attached hydrogens (tertiary/aromatic N) is 1. The lowest BCUT2D eigenvalue weighted by molar-refractivity contribution is -0.136. The Hall–Kier alpha value is -1.50. The van der Waals surface area contributed by atoms with E-state index in [1.807, 2.05) is 0 Å². The zero-order valence-corrected chi connectivity index (χ0v) is 8.17. The molecule has 0 unspecified atom stereocenters. The van der Waals surface area contributed by atoms with Gasteiger partial charge in [0.1, 0.15) is 0 Å². The maximum atomic E-state index is 12.2. The molecule has 0 aliphatic rings. The Balaban J connectivity index is 2.95. The van der Waals surface area contributed by atoms with Gasteiger partial charge in [0.2, 0.25) is 0 Å². The van der Waals surface area contributed by atoms with Crippen LogP contribution in [0.3, 0.4) is 0 Å². The molecule has 80 valence electrons. The van der Waals surface area contributed by atoms with Gasteiger partial charge in [0.05, 0.1) is 18.4 Å². The molecule has 4 heteroatoms. The van der Waals surface area contributed by atoms with Crippen LogP contribution in [-0.2, 0) is 0 Å². The Morgan fingerprint density at radius 1 is 1.33 bits per heavy atom. The normalized spacial score (nSPS) is 13.3. The Bertz CT molecular complexity index is 376. The second kappa shape index (κ2) is 4.35. The lowest BCUT2D eigenvalue weighted by atomic mass is 9.93. The standard InChI is InChI=1S/C11H10F3N/c1-8-4-2-3-5-10(8)9(7-15)6-11(12,13)14/h2-5,9H,6H2,1H3/t9-/m0/s1. The minimum Gasteiger partial charge on any atom is -0.198 e. The highest BCUT2D eigenvalue weighted by Crippen LogP contribution is 2.31. The van der Waals surface area contributed by atoms with Crippen molar-refractivity contribution in [2.75, 3.05) is 0 Å². The summed E-state index contributed by atoms with van der Waals surface area (Å²) in [6, 6.07) is 8.34. The summed E-state index contributed by atoms with van der Waals surface area (Å²) in [4.78, 5) is 0. The maximum Gasteiger partial charge on any atom is 0.390 e. The van der Waals surface area contributed by atoms with Crippen molar-refractivity contribution < 1.29 is 13.2 Å². The molecule has 0 N–H and O–H groups in total. The Morgan fingerprint density at radius 3 is 2.40 bits per heavy atom. The molecule has 0 spiro atoms. The van der Waals surface area contributed by atoms with Crippen molar-refractivity contribution in [3.8, 4) is 6.07 Å². The van der Waals surface area contributed by atoms with Crippen LogP contribution in [0.1, 0.15) is 23.5 Å². The molecular formula is C11H10F3N. The smallest absolute Gasteiger partial charge is 0.198 e. The highest BCUT2D eigenvalue weighted by molar-refractivity contribution is 5.32. The molecular weight excluding hydrogens is 203 g/mol. The van der Waals surface area contributed by atoms with Crippen LogP contribution in [0.25, 0.3) is 0 Å². The minimum absolute atomic E-state index is 0.456.